The molecule has 0 aromatic carbocycles. The molecule has 208 valence electrons. The molecule has 0 atom stereocenters. The number of nitrogens with zero attached hydrogens (tertiary/aromatic N) is 4. The second-order valence-electron chi connectivity index (χ2n) is 7.52. The van der Waals surface area contributed by atoms with Crippen LogP contribution in [0, 0.1) is 6.92 Å². The number of allylic oxidation sites excluding steroid dienone is 4. The number of nitrogens with one attached hydrogen (secondary N) is 1. The second-order valence-corrected chi connectivity index (χ2v) is 7.52. The van der Waals surface area contributed by atoms with Crippen LogP contribution in [0.5, 0.6) is 0 Å². The molecule has 8 heteroatoms. The molecule has 0 saturated heterocycles. The largest absolute Gasteiger partial charge is 0.331 e. The maximum absolute atomic E-state index is 12.7. The molecular weight excluding hydrogens is 454 g/mol. The Hall–Kier alpha value is -2.87. The van der Waals surface area contributed by atoms with E-state index in [9.17, 15) is 14.8 Å². The van der Waals surface area contributed by atoms with Gasteiger partial charge in [-0.15, -0.1) is 0 Å². The lowest BCUT2D eigenvalue weighted by Crippen LogP contribution is -2.44. The third-order valence-corrected chi connectivity index (χ3v) is 4.61. The van der Waals surface area contributed by atoms with Gasteiger partial charge in [0.1, 0.15) is 5.69 Å². The Balaban J connectivity index is -0.000000702. The average Bonchev–Trinajstić information content (AvgIpc) is 3.40. The molecule has 2 aromatic rings. The number of hydroxylamine groups is 1. The summed E-state index contributed by atoms with van der Waals surface area (Å²) in [6.45, 7) is 24.7. The fraction of sp³-hybridized carbons (Fsp3) is 0.607. The highest BCUT2D eigenvalue weighted by molar-refractivity contribution is 5.46. The number of H-pyrrole nitrogens is 1. The van der Waals surface area contributed by atoms with Crippen LogP contribution in [0.3, 0.4) is 0 Å². The van der Waals surface area contributed by atoms with Crippen LogP contribution < -0.4 is 16.3 Å². The van der Waals surface area contributed by atoms with Crippen molar-refractivity contribution in [3.8, 4) is 0 Å². The van der Waals surface area contributed by atoms with Crippen molar-refractivity contribution in [2.24, 2.45) is 0 Å². The number of anilines is 1. The molecule has 0 amide bonds. The maximum Gasteiger partial charge on any atom is 0.331 e. The molecule has 0 bridgehead atoms. The molecule has 8 nitrogen and oxygen atoms in total. The predicted molar refractivity (Wildman–Crippen MR) is 155 cm³/mol. The summed E-state index contributed by atoms with van der Waals surface area (Å²) in [5.74, 6) is 0. The number of aromatic nitrogens is 4. The molecule has 2 heterocycles. The molecular formula is C28H53N5O3. The maximum atomic E-state index is 12.7. The average molecular weight is 508 g/mol. The summed E-state index contributed by atoms with van der Waals surface area (Å²) in [7, 11) is 0. The van der Waals surface area contributed by atoms with Gasteiger partial charge in [0, 0.05) is 24.8 Å². The molecule has 0 fully saturated rings. The van der Waals surface area contributed by atoms with E-state index < -0.39 is 5.56 Å². The summed E-state index contributed by atoms with van der Waals surface area (Å²) in [5, 5.41) is 17.8. The zero-order valence-corrected chi connectivity index (χ0v) is 25.0. The van der Waals surface area contributed by atoms with Crippen LogP contribution in [0.15, 0.2) is 45.8 Å². The lowest BCUT2D eigenvalue weighted by atomic mass is 10.3. The monoisotopic (exact) mass is 507 g/mol. The first kappa shape index (κ1) is 37.7. The minimum atomic E-state index is -0.465. The van der Waals surface area contributed by atoms with Crippen LogP contribution in [0.4, 0.5) is 5.69 Å². The smallest absolute Gasteiger partial charge is 0.296 e. The zero-order valence-electron chi connectivity index (χ0n) is 25.0. The predicted octanol–water partition coefficient (Wildman–Crippen LogP) is 6.86. The van der Waals surface area contributed by atoms with Gasteiger partial charge in [0.2, 0.25) is 0 Å². The van der Waals surface area contributed by atoms with E-state index >= 15 is 0 Å². The Bertz CT molecular complexity index is 947. The molecule has 0 saturated carbocycles. The van der Waals surface area contributed by atoms with Crippen molar-refractivity contribution in [2.45, 2.75) is 116 Å². The third-order valence-electron chi connectivity index (χ3n) is 4.61. The minimum absolute atomic E-state index is 0.114. The number of hydrogen-bond acceptors (Lipinski definition) is 5. The van der Waals surface area contributed by atoms with Gasteiger partial charge in [0.25, 0.3) is 5.56 Å². The topological polar surface area (TPSA) is 96.2 Å². The van der Waals surface area contributed by atoms with E-state index in [1.807, 2.05) is 74.5 Å². The van der Waals surface area contributed by atoms with Gasteiger partial charge < -0.3 is 0 Å². The minimum Gasteiger partial charge on any atom is -0.296 e. The van der Waals surface area contributed by atoms with Gasteiger partial charge in [-0.2, -0.15) is 5.10 Å². The standard InChI is InChI=1S/C15H23N5O3.C5H10.C4H8.2C2H6/c1-4-6-18-11(3)13(14(21)19(7-5-2)15(18)22)20(23)10-12-8-16-17-9-12;1-4-5(2)3;1-3-4-2;2*1-2/h8-9,23H,4-7,10H2,1-3H3,(H,16,17);4H,1-3H3;3-4H,1-2H3;2*1-2H3/b;;4-3-;;. The fourth-order valence-corrected chi connectivity index (χ4v) is 2.61. The van der Waals surface area contributed by atoms with Crippen LogP contribution in [0.25, 0.3) is 0 Å². The molecule has 0 aliphatic carbocycles. The van der Waals surface area contributed by atoms with E-state index in [1.165, 1.54) is 10.1 Å². The van der Waals surface area contributed by atoms with Gasteiger partial charge in [0.05, 0.1) is 18.4 Å². The number of hydrogen-bond donors (Lipinski definition) is 2. The van der Waals surface area contributed by atoms with Crippen molar-refractivity contribution < 1.29 is 5.21 Å². The lowest BCUT2D eigenvalue weighted by Gasteiger charge is -2.22. The van der Waals surface area contributed by atoms with Crippen LogP contribution >= 0.6 is 0 Å². The Morgan fingerprint density at radius 3 is 1.83 bits per heavy atom. The summed E-state index contributed by atoms with van der Waals surface area (Å²) in [4.78, 5) is 25.1. The van der Waals surface area contributed by atoms with Crippen LogP contribution in [0.1, 0.15) is 100 Å². The van der Waals surface area contributed by atoms with Crippen LogP contribution in [0.2, 0.25) is 0 Å². The highest BCUT2D eigenvalue weighted by atomic mass is 16.5. The molecule has 0 spiro atoms. The van der Waals surface area contributed by atoms with E-state index in [0.717, 1.165) is 17.0 Å². The molecule has 2 N–H and O–H groups in total. The Morgan fingerprint density at radius 1 is 1.00 bits per heavy atom. The third kappa shape index (κ3) is 13.9. The van der Waals surface area contributed by atoms with E-state index in [2.05, 4.69) is 30.1 Å². The van der Waals surface area contributed by atoms with Crippen LogP contribution in [-0.2, 0) is 19.6 Å². The molecule has 0 radical (unpaired) electrons. The van der Waals surface area contributed by atoms with Gasteiger partial charge in [-0.3, -0.25) is 24.2 Å². The Morgan fingerprint density at radius 2 is 1.47 bits per heavy atom. The molecule has 0 aliphatic heterocycles. The number of aromatic amines is 1. The summed E-state index contributed by atoms with van der Waals surface area (Å²) >= 11 is 0. The first-order valence-corrected chi connectivity index (χ1v) is 13.1. The normalized spacial score (nSPS) is 9.36. The highest BCUT2D eigenvalue weighted by Crippen LogP contribution is 2.15. The Kier molecular flexibility index (Phi) is 25.0. The summed E-state index contributed by atoms with van der Waals surface area (Å²) in [6.07, 6.45) is 10.7. The van der Waals surface area contributed by atoms with Crippen molar-refractivity contribution in [3.05, 3.63) is 68.3 Å². The highest BCUT2D eigenvalue weighted by Gasteiger charge is 2.20. The SMILES string of the molecule is C/C=C\C.CC.CC.CC=C(C)C.CCCn1c(C)c(N(O)Cc2cn[nH]c2)c(=O)n(CCC)c1=O. The molecule has 2 aromatic heterocycles. The van der Waals surface area contributed by atoms with E-state index in [0.29, 0.717) is 25.2 Å². The molecule has 36 heavy (non-hydrogen) atoms. The van der Waals surface area contributed by atoms with Gasteiger partial charge in [-0.05, 0) is 54.4 Å². The summed E-state index contributed by atoms with van der Waals surface area (Å²) in [5.41, 5.74) is 1.93. The van der Waals surface area contributed by atoms with Crippen molar-refractivity contribution in [1.29, 1.82) is 0 Å². The van der Waals surface area contributed by atoms with E-state index in [-0.39, 0.29) is 17.9 Å². The second kappa shape index (κ2) is 23.9. The van der Waals surface area contributed by atoms with Gasteiger partial charge in [0.15, 0.2) is 0 Å². The first-order valence-electron chi connectivity index (χ1n) is 13.1. The van der Waals surface area contributed by atoms with E-state index in [1.54, 1.807) is 23.9 Å². The van der Waals surface area contributed by atoms with Gasteiger partial charge in [-0.25, -0.2) is 9.86 Å². The summed E-state index contributed by atoms with van der Waals surface area (Å²) in [6, 6.07) is 0. The van der Waals surface area contributed by atoms with Crippen LogP contribution in [-0.4, -0.2) is 24.5 Å². The zero-order chi connectivity index (χ0) is 28.7. The lowest BCUT2D eigenvalue weighted by molar-refractivity contribution is 0.246. The van der Waals surface area contributed by atoms with Gasteiger partial charge in [-0.1, -0.05) is 65.3 Å². The molecule has 0 aliphatic rings. The molecule has 2 rings (SSSR count). The molecule has 0 unspecified atom stereocenters. The van der Waals surface area contributed by atoms with E-state index in [4.69, 9.17) is 0 Å². The number of rotatable bonds is 7. The van der Waals surface area contributed by atoms with Crippen molar-refractivity contribution in [3.63, 3.8) is 0 Å². The fourth-order valence-electron chi connectivity index (χ4n) is 2.61. The van der Waals surface area contributed by atoms with Gasteiger partial charge >= 0.3 is 5.69 Å². The van der Waals surface area contributed by atoms with Crippen molar-refractivity contribution >= 4 is 5.69 Å². The van der Waals surface area contributed by atoms with Crippen molar-refractivity contribution in [2.75, 3.05) is 5.06 Å². The summed E-state index contributed by atoms with van der Waals surface area (Å²) < 4.78 is 2.74. The van der Waals surface area contributed by atoms with Crippen molar-refractivity contribution in [1.82, 2.24) is 19.3 Å². The first-order chi connectivity index (χ1) is 17.2. The Labute approximate surface area is 219 Å². The quantitative estimate of drug-likeness (QED) is 0.315.